The Labute approximate surface area is 144 Å². The van der Waals surface area contributed by atoms with Gasteiger partial charge in [-0.25, -0.2) is 0 Å². The third-order valence-electron chi connectivity index (χ3n) is 3.85. The van der Waals surface area contributed by atoms with Crippen LogP contribution in [0.15, 0.2) is 84.9 Å². The standard InChI is InChI=1S/C21H21NS/c23-17-7-8-18-13-15-21(16-14-18)22(19-9-3-1-4-10-19)20-11-5-2-6-12-20/h1-6,9-16,23H,7-8,17H2. The van der Waals surface area contributed by atoms with E-state index >= 15 is 0 Å². The smallest absolute Gasteiger partial charge is 0.0461 e. The second-order valence-corrected chi connectivity index (χ2v) is 5.95. The van der Waals surface area contributed by atoms with E-state index in [4.69, 9.17) is 0 Å². The Kier molecular flexibility index (Phi) is 5.38. The summed E-state index contributed by atoms with van der Waals surface area (Å²) in [5.41, 5.74) is 4.88. The lowest BCUT2D eigenvalue weighted by atomic mass is 10.1. The first-order valence-corrected chi connectivity index (χ1v) is 8.62. The van der Waals surface area contributed by atoms with E-state index in [1.807, 2.05) is 12.1 Å². The molecule has 3 rings (SSSR count). The van der Waals surface area contributed by atoms with E-state index < -0.39 is 0 Å². The van der Waals surface area contributed by atoms with Crippen molar-refractivity contribution in [3.63, 3.8) is 0 Å². The highest BCUT2D eigenvalue weighted by Gasteiger charge is 2.11. The molecular formula is C21H21NS. The van der Waals surface area contributed by atoms with Crippen LogP contribution in [0.4, 0.5) is 17.1 Å². The lowest BCUT2D eigenvalue weighted by molar-refractivity contribution is 0.936. The third kappa shape index (κ3) is 3.96. The van der Waals surface area contributed by atoms with Gasteiger partial charge in [0.2, 0.25) is 0 Å². The van der Waals surface area contributed by atoms with Crippen LogP contribution in [0.5, 0.6) is 0 Å². The summed E-state index contributed by atoms with van der Waals surface area (Å²) in [6.45, 7) is 0. The molecule has 0 radical (unpaired) electrons. The number of hydrogen-bond acceptors (Lipinski definition) is 2. The minimum atomic E-state index is 0.932. The van der Waals surface area contributed by atoms with Gasteiger partial charge in [-0.1, -0.05) is 48.5 Å². The summed E-state index contributed by atoms with van der Waals surface area (Å²) in [5, 5.41) is 0. The zero-order valence-electron chi connectivity index (χ0n) is 13.1. The molecule has 0 fully saturated rings. The van der Waals surface area contributed by atoms with Crippen molar-refractivity contribution in [2.75, 3.05) is 10.7 Å². The fourth-order valence-corrected chi connectivity index (χ4v) is 2.85. The molecule has 2 heteroatoms. The zero-order valence-corrected chi connectivity index (χ0v) is 14.0. The van der Waals surface area contributed by atoms with Gasteiger partial charge in [-0.15, -0.1) is 0 Å². The molecule has 0 saturated carbocycles. The second kappa shape index (κ2) is 7.89. The Bertz CT molecular complexity index is 668. The van der Waals surface area contributed by atoms with Crippen molar-refractivity contribution in [3.8, 4) is 0 Å². The van der Waals surface area contributed by atoms with Crippen LogP contribution in [-0.2, 0) is 6.42 Å². The van der Waals surface area contributed by atoms with Gasteiger partial charge in [-0.2, -0.15) is 12.6 Å². The fraction of sp³-hybridized carbons (Fsp3) is 0.143. The first kappa shape index (κ1) is 15.7. The van der Waals surface area contributed by atoms with Crippen LogP contribution < -0.4 is 4.90 Å². The van der Waals surface area contributed by atoms with E-state index in [0.717, 1.165) is 18.6 Å². The summed E-state index contributed by atoms with van der Waals surface area (Å²) in [5.74, 6) is 0.932. The van der Waals surface area contributed by atoms with Crippen LogP contribution >= 0.6 is 12.6 Å². The topological polar surface area (TPSA) is 3.24 Å². The molecular weight excluding hydrogens is 298 g/mol. The van der Waals surface area contributed by atoms with Crippen LogP contribution in [0.25, 0.3) is 0 Å². The Morgan fingerprint density at radius 3 is 1.57 bits per heavy atom. The molecule has 0 aliphatic rings. The lowest BCUT2D eigenvalue weighted by Gasteiger charge is -2.25. The summed E-state index contributed by atoms with van der Waals surface area (Å²) in [6.07, 6.45) is 2.20. The molecule has 0 atom stereocenters. The average Bonchev–Trinajstić information content (AvgIpc) is 2.63. The Hall–Kier alpha value is -2.19. The van der Waals surface area contributed by atoms with Crippen molar-refractivity contribution in [2.45, 2.75) is 12.8 Å². The molecule has 23 heavy (non-hydrogen) atoms. The van der Waals surface area contributed by atoms with Gasteiger partial charge in [0, 0.05) is 17.1 Å². The molecule has 0 heterocycles. The first-order chi connectivity index (χ1) is 11.4. The number of anilines is 3. The summed E-state index contributed by atoms with van der Waals surface area (Å²) in [7, 11) is 0. The highest BCUT2D eigenvalue weighted by Crippen LogP contribution is 2.34. The van der Waals surface area contributed by atoms with E-state index in [9.17, 15) is 0 Å². The van der Waals surface area contributed by atoms with Gasteiger partial charge in [-0.3, -0.25) is 0 Å². The van der Waals surface area contributed by atoms with Gasteiger partial charge >= 0.3 is 0 Å². The van der Waals surface area contributed by atoms with Gasteiger partial charge in [0.25, 0.3) is 0 Å². The summed E-state index contributed by atoms with van der Waals surface area (Å²) >= 11 is 4.29. The largest absolute Gasteiger partial charge is 0.311 e. The highest BCUT2D eigenvalue weighted by molar-refractivity contribution is 7.80. The molecule has 0 aromatic heterocycles. The number of aryl methyl sites for hydroxylation is 1. The average molecular weight is 319 g/mol. The van der Waals surface area contributed by atoms with Gasteiger partial charge in [-0.05, 0) is 60.6 Å². The minimum absolute atomic E-state index is 0.932. The summed E-state index contributed by atoms with van der Waals surface area (Å²) < 4.78 is 0. The van der Waals surface area contributed by atoms with E-state index in [-0.39, 0.29) is 0 Å². The molecule has 0 amide bonds. The maximum atomic E-state index is 4.29. The van der Waals surface area contributed by atoms with Gasteiger partial charge in [0.15, 0.2) is 0 Å². The van der Waals surface area contributed by atoms with Crippen molar-refractivity contribution in [3.05, 3.63) is 90.5 Å². The zero-order chi connectivity index (χ0) is 15.9. The van der Waals surface area contributed by atoms with Crippen LogP contribution in [0.2, 0.25) is 0 Å². The fourth-order valence-electron chi connectivity index (χ4n) is 2.70. The van der Waals surface area contributed by atoms with Crippen molar-refractivity contribution < 1.29 is 0 Å². The van der Waals surface area contributed by atoms with Crippen molar-refractivity contribution in [1.82, 2.24) is 0 Å². The maximum Gasteiger partial charge on any atom is 0.0461 e. The van der Waals surface area contributed by atoms with E-state index in [1.165, 1.54) is 22.6 Å². The normalized spacial score (nSPS) is 10.5. The molecule has 3 aromatic rings. The summed E-state index contributed by atoms with van der Waals surface area (Å²) in [4.78, 5) is 2.28. The lowest BCUT2D eigenvalue weighted by Crippen LogP contribution is -2.09. The molecule has 0 aliphatic carbocycles. The SMILES string of the molecule is SCCCc1ccc(N(c2ccccc2)c2ccccc2)cc1. The summed E-state index contributed by atoms with van der Waals surface area (Å²) in [6, 6.07) is 29.8. The molecule has 0 unspecified atom stereocenters. The molecule has 1 nitrogen and oxygen atoms in total. The predicted molar refractivity (Wildman–Crippen MR) is 103 cm³/mol. The van der Waals surface area contributed by atoms with E-state index in [1.54, 1.807) is 0 Å². The number of para-hydroxylation sites is 2. The number of thiol groups is 1. The third-order valence-corrected chi connectivity index (χ3v) is 4.16. The Morgan fingerprint density at radius 1 is 0.609 bits per heavy atom. The van der Waals surface area contributed by atoms with E-state index in [0.29, 0.717) is 0 Å². The maximum absolute atomic E-state index is 4.29. The predicted octanol–water partition coefficient (Wildman–Crippen LogP) is 6.02. The highest BCUT2D eigenvalue weighted by atomic mass is 32.1. The van der Waals surface area contributed by atoms with Gasteiger partial charge < -0.3 is 4.90 Å². The molecule has 116 valence electrons. The number of hydrogen-bond donors (Lipinski definition) is 1. The quantitative estimate of drug-likeness (QED) is 0.544. The van der Waals surface area contributed by atoms with Crippen LogP contribution in [0.1, 0.15) is 12.0 Å². The minimum Gasteiger partial charge on any atom is -0.311 e. The number of nitrogens with zero attached hydrogens (tertiary/aromatic N) is 1. The Morgan fingerprint density at radius 2 is 1.09 bits per heavy atom. The van der Waals surface area contributed by atoms with Crippen molar-refractivity contribution in [2.24, 2.45) is 0 Å². The van der Waals surface area contributed by atoms with E-state index in [2.05, 4.69) is 90.3 Å². The van der Waals surface area contributed by atoms with Crippen molar-refractivity contribution in [1.29, 1.82) is 0 Å². The molecule has 0 aliphatic heterocycles. The van der Waals surface area contributed by atoms with Gasteiger partial charge in [0.05, 0.1) is 0 Å². The van der Waals surface area contributed by atoms with Crippen LogP contribution in [0, 0.1) is 0 Å². The van der Waals surface area contributed by atoms with Crippen LogP contribution in [-0.4, -0.2) is 5.75 Å². The number of benzene rings is 3. The first-order valence-electron chi connectivity index (χ1n) is 7.98. The molecule has 0 saturated heterocycles. The molecule has 0 N–H and O–H groups in total. The monoisotopic (exact) mass is 319 g/mol. The molecule has 0 spiro atoms. The van der Waals surface area contributed by atoms with Crippen molar-refractivity contribution >= 4 is 29.7 Å². The van der Waals surface area contributed by atoms with Gasteiger partial charge in [0.1, 0.15) is 0 Å². The molecule has 0 bridgehead atoms. The second-order valence-electron chi connectivity index (χ2n) is 5.50. The number of rotatable bonds is 6. The van der Waals surface area contributed by atoms with Crippen LogP contribution in [0.3, 0.4) is 0 Å². The Balaban J connectivity index is 1.96. The molecule has 3 aromatic carbocycles.